The first-order valence-corrected chi connectivity index (χ1v) is 9.47. The number of halogens is 5. The highest BCUT2D eigenvalue weighted by Gasteiger charge is 2.33. The standard InChI is InChI=1S/C18H18F4N6S.HI/c1-23-17(25-5-4-16-27-15(10-29-16)18(20,21)22)26-9-12-2-3-14(13(19)8-12)28-7-6-24-11-28;/h2-3,6-8,10-11H,4-5,9H2,1H3,(H2,23,25,26);1H. The number of nitrogens with one attached hydrogen (secondary N) is 2. The molecule has 1 aromatic carbocycles. The van der Waals surface area contributed by atoms with E-state index in [2.05, 4.69) is 25.6 Å². The van der Waals surface area contributed by atoms with Crippen LogP contribution < -0.4 is 10.6 Å². The molecule has 2 heterocycles. The summed E-state index contributed by atoms with van der Waals surface area (Å²) in [7, 11) is 1.57. The number of aromatic nitrogens is 3. The smallest absolute Gasteiger partial charge is 0.356 e. The fraction of sp³-hybridized carbons (Fsp3) is 0.278. The molecule has 0 bridgehead atoms. The van der Waals surface area contributed by atoms with E-state index in [1.54, 1.807) is 36.1 Å². The third-order valence-corrected chi connectivity index (χ3v) is 4.86. The van der Waals surface area contributed by atoms with Crippen LogP contribution >= 0.6 is 35.3 Å². The molecule has 3 aromatic rings. The van der Waals surface area contributed by atoms with Crippen molar-refractivity contribution in [3.63, 3.8) is 0 Å². The minimum atomic E-state index is -4.43. The molecule has 12 heteroatoms. The molecule has 0 fully saturated rings. The summed E-state index contributed by atoms with van der Waals surface area (Å²) in [6.45, 7) is 0.689. The lowest BCUT2D eigenvalue weighted by molar-refractivity contribution is -0.140. The summed E-state index contributed by atoms with van der Waals surface area (Å²) in [5.74, 6) is 0.0752. The van der Waals surface area contributed by atoms with E-state index in [0.717, 1.165) is 16.7 Å². The fourth-order valence-corrected chi connectivity index (χ4v) is 3.33. The van der Waals surface area contributed by atoms with Crippen molar-refractivity contribution in [2.24, 2.45) is 4.99 Å². The lowest BCUT2D eigenvalue weighted by Gasteiger charge is -2.12. The molecule has 6 nitrogen and oxygen atoms in total. The van der Waals surface area contributed by atoms with Crippen LogP contribution in [0.3, 0.4) is 0 Å². The summed E-state index contributed by atoms with van der Waals surface area (Å²) in [4.78, 5) is 11.5. The molecule has 0 saturated heterocycles. The molecule has 0 aliphatic heterocycles. The number of rotatable bonds is 6. The van der Waals surface area contributed by atoms with Crippen molar-refractivity contribution in [2.45, 2.75) is 19.1 Å². The Bertz CT molecular complexity index is 971. The van der Waals surface area contributed by atoms with Gasteiger partial charge in [-0.1, -0.05) is 6.07 Å². The van der Waals surface area contributed by atoms with Crippen molar-refractivity contribution in [3.05, 3.63) is 64.4 Å². The van der Waals surface area contributed by atoms with E-state index in [4.69, 9.17) is 0 Å². The molecule has 162 valence electrons. The van der Waals surface area contributed by atoms with Gasteiger partial charge in [0, 0.05) is 44.3 Å². The maximum atomic E-state index is 14.3. The van der Waals surface area contributed by atoms with E-state index in [9.17, 15) is 17.6 Å². The van der Waals surface area contributed by atoms with E-state index in [-0.39, 0.29) is 29.8 Å². The van der Waals surface area contributed by atoms with Gasteiger partial charge in [-0.3, -0.25) is 4.99 Å². The van der Waals surface area contributed by atoms with Crippen molar-refractivity contribution in [2.75, 3.05) is 13.6 Å². The molecule has 2 N–H and O–H groups in total. The Labute approximate surface area is 191 Å². The molecule has 0 unspecified atom stereocenters. The zero-order valence-electron chi connectivity index (χ0n) is 15.8. The van der Waals surface area contributed by atoms with Crippen molar-refractivity contribution in [1.82, 2.24) is 25.2 Å². The number of guanidine groups is 1. The Hall–Kier alpha value is -2.22. The Morgan fingerprint density at radius 1 is 1.27 bits per heavy atom. The van der Waals surface area contributed by atoms with E-state index < -0.39 is 11.9 Å². The van der Waals surface area contributed by atoms with Gasteiger partial charge in [-0.05, 0) is 17.7 Å². The number of aliphatic imine (C=N–C) groups is 1. The van der Waals surface area contributed by atoms with Crippen molar-refractivity contribution in [3.8, 4) is 5.69 Å². The lowest BCUT2D eigenvalue weighted by Crippen LogP contribution is -2.37. The second-order valence-electron chi connectivity index (χ2n) is 5.98. The number of imidazole rings is 1. The lowest BCUT2D eigenvalue weighted by atomic mass is 10.2. The molecule has 0 saturated carbocycles. The zero-order chi connectivity index (χ0) is 20.9. The zero-order valence-corrected chi connectivity index (χ0v) is 18.9. The first kappa shape index (κ1) is 24.1. The quantitative estimate of drug-likeness (QED) is 0.209. The monoisotopic (exact) mass is 554 g/mol. The van der Waals surface area contributed by atoms with Gasteiger partial charge in [0.2, 0.25) is 0 Å². The van der Waals surface area contributed by atoms with Gasteiger partial charge in [0.15, 0.2) is 11.7 Å². The third-order valence-electron chi connectivity index (χ3n) is 3.95. The van der Waals surface area contributed by atoms with Gasteiger partial charge in [0.1, 0.15) is 5.82 Å². The fourth-order valence-electron chi connectivity index (χ4n) is 2.52. The molecule has 30 heavy (non-hydrogen) atoms. The highest BCUT2D eigenvalue weighted by molar-refractivity contribution is 14.0. The molecule has 2 aromatic heterocycles. The van der Waals surface area contributed by atoms with Gasteiger partial charge in [0.25, 0.3) is 0 Å². The first-order chi connectivity index (χ1) is 13.9. The Morgan fingerprint density at radius 3 is 2.67 bits per heavy atom. The molecule has 0 amide bonds. The predicted octanol–water partition coefficient (Wildman–Crippen LogP) is 4.01. The van der Waals surface area contributed by atoms with E-state index in [1.807, 2.05) is 0 Å². The summed E-state index contributed by atoms with van der Waals surface area (Å²) in [5.41, 5.74) is 0.237. The first-order valence-electron chi connectivity index (χ1n) is 8.59. The molecule has 0 atom stereocenters. The van der Waals surface area contributed by atoms with Gasteiger partial charge in [-0.25, -0.2) is 14.4 Å². The topological polar surface area (TPSA) is 67.1 Å². The predicted molar refractivity (Wildman–Crippen MR) is 118 cm³/mol. The summed E-state index contributed by atoms with van der Waals surface area (Å²) in [6.07, 6.45) is 0.642. The van der Waals surface area contributed by atoms with Crippen LogP contribution in [0.4, 0.5) is 17.6 Å². The SMILES string of the molecule is CN=C(NCCc1nc(C(F)(F)F)cs1)NCc1ccc(-n2ccnc2)c(F)c1.I. The molecule has 3 rings (SSSR count). The average molecular weight is 554 g/mol. The van der Waals surface area contributed by atoms with Crippen LogP contribution in [0.25, 0.3) is 5.69 Å². The summed E-state index contributed by atoms with van der Waals surface area (Å²) >= 11 is 0.968. The number of alkyl halides is 3. The van der Waals surface area contributed by atoms with Gasteiger partial charge in [-0.2, -0.15) is 13.2 Å². The molecule has 0 aliphatic rings. The van der Waals surface area contributed by atoms with Crippen molar-refractivity contribution >= 4 is 41.3 Å². The highest BCUT2D eigenvalue weighted by Crippen LogP contribution is 2.30. The maximum absolute atomic E-state index is 14.3. The Balaban J connectivity index is 0.00000320. The molecule has 0 spiro atoms. The maximum Gasteiger partial charge on any atom is 0.434 e. The van der Waals surface area contributed by atoms with E-state index in [0.29, 0.717) is 41.7 Å². The van der Waals surface area contributed by atoms with E-state index in [1.165, 1.54) is 12.4 Å². The van der Waals surface area contributed by atoms with Crippen LogP contribution in [-0.4, -0.2) is 34.1 Å². The van der Waals surface area contributed by atoms with Gasteiger partial charge in [-0.15, -0.1) is 35.3 Å². The molecule has 0 radical (unpaired) electrons. The van der Waals surface area contributed by atoms with Crippen LogP contribution in [0.5, 0.6) is 0 Å². The minimum Gasteiger partial charge on any atom is -0.356 e. The normalized spacial score (nSPS) is 11.8. The largest absolute Gasteiger partial charge is 0.434 e. The van der Waals surface area contributed by atoms with Crippen LogP contribution in [0.15, 0.2) is 47.3 Å². The number of hydrogen-bond donors (Lipinski definition) is 2. The number of hydrogen-bond acceptors (Lipinski definition) is 4. The van der Waals surface area contributed by atoms with Crippen LogP contribution in [0.2, 0.25) is 0 Å². The van der Waals surface area contributed by atoms with Gasteiger partial charge < -0.3 is 15.2 Å². The molecular formula is C18H19F4IN6S. The third kappa shape index (κ3) is 6.39. The Kier molecular flexibility index (Phi) is 8.58. The highest BCUT2D eigenvalue weighted by atomic mass is 127. The summed E-state index contributed by atoms with van der Waals surface area (Å²) in [6, 6.07) is 4.86. The number of nitrogens with zero attached hydrogens (tertiary/aromatic N) is 4. The average Bonchev–Trinajstić information content (AvgIpc) is 3.36. The van der Waals surface area contributed by atoms with Gasteiger partial charge in [0.05, 0.1) is 17.0 Å². The summed E-state index contributed by atoms with van der Waals surface area (Å²) < 4.78 is 53.6. The van der Waals surface area contributed by atoms with Crippen LogP contribution in [0.1, 0.15) is 16.3 Å². The van der Waals surface area contributed by atoms with Crippen molar-refractivity contribution < 1.29 is 17.6 Å². The molecular weight excluding hydrogens is 535 g/mol. The minimum absolute atomic E-state index is 0. The Morgan fingerprint density at radius 2 is 2.07 bits per heavy atom. The second-order valence-corrected chi connectivity index (χ2v) is 6.93. The van der Waals surface area contributed by atoms with Gasteiger partial charge >= 0.3 is 6.18 Å². The second kappa shape index (κ2) is 10.7. The number of benzene rings is 1. The summed E-state index contributed by atoms with van der Waals surface area (Å²) in [5, 5.41) is 7.43. The molecule has 0 aliphatic carbocycles. The van der Waals surface area contributed by atoms with Crippen LogP contribution in [-0.2, 0) is 19.1 Å². The number of thiazole rings is 1. The van der Waals surface area contributed by atoms with Crippen molar-refractivity contribution in [1.29, 1.82) is 0 Å². The van der Waals surface area contributed by atoms with Crippen LogP contribution in [0, 0.1) is 5.82 Å². The van der Waals surface area contributed by atoms with E-state index >= 15 is 0 Å².